The van der Waals surface area contributed by atoms with Crippen LogP contribution in [0.3, 0.4) is 0 Å². The van der Waals surface area contributed by atoms with Crippen LogP contribution in [-0.2, 0) is 11.2 Å². The molecule has 2 N–H and O–H groups in total. The molecule has 1 aromatic carbocycles. The average molecular weight is 276 g/mol. The van der Waals surface area contributed by atoms with Gasteiger partial charge in [-0.05, 0) is 35.9 Å². The predicted octanol–water partition coefficient (Wildman–Crippen LogP) is 2.62. The van der Waals surface area contributed by atoms with Crippen molar-refractivity contribution in [3.05, 3.63) is 59.9 Å². The molecule has 3 aromatic rings. The van der Waals surface area contributed by atoms with E-state index in [1.807, 2.05) is 18.2 Å². The summed E-state index contributed by atoms with van der Waals surface area (Å²) in [6, 6.07) is 12.7. The number of anilines is 1. The quantitative estimate of drug-likeness (QED) is 0.771. The smallest absolute Gasteiger partial charge is 0.228 e. The third-order valence-corrected chi connectivity index (χ3v) is 3.16. The highest BCUT2D eigenvalue weighted by atomic mass is 16.1. The third kappa shape index (κ3) is 2.74. The van der Waals surface area contributed by atoms with Crippen molar-refractivity contribution in [2.24, 2.45) is 0 Å². The van der Waals surface area contributed by atoms with Gasteiger partial charge in [0.25, 0.3) is 0 Å². The van der Waals surface area contributed by atoms with Gasteiger partial charge >= 0.3 is 0 Å². The molecule has 3 rings (SSSR count). The molecule has 0 unspecified atom stereocenters. The molecule has 21 heavy (non-hydrogen) atoms. The van der Waals surface area contributed by atoms with E-state index in [2.05, 4.69) is 15.3 Å². The zero-order valence-corrected chi connectivity index (χ0v) is 11.1. The van der Waals surface area contributed by atoms with Crippen molar-refractivity contribution in [1.82, 2.24) is 9.97 Å². The Morgan fingerprint density at radius 1 is 1.33 bits per heavy atom. The SMILES string of the molecule is N#Cc1cccc(NC(=O)Cc2c[nH]c3ncccc23)c1. The summed E-state index contributed by atoms with van der Waals surface area (Å²) >= 11 is 0. The first-order valence-corrected chi connectivity index (χ1v) is 6.47. The van der Waals surface area contributed by atoms with Crippen LogP contribution in [0.2, 0.25) is 0 Å². The average Bonchev–Trinajstić information content (AvgIpc) is 2.91. The molecule has 0 bridgehead atoms. The molecule has 0 saturated heterocycles. The van der Waals surface area contributed by atoms with E-state index in [0.717, 1.165) is 16.6 Å². The topological polar surface area (TPSA) is 81.6 Å². The lowest BCUT2D eigenvalue weighted by Crippen LogP contribution is -2.14. The van der Waals surface area contributed by atoms with Gasteiger partial charge < -0.3 is 10.3 Å². The van der Waals surface area contributed by atoms with E-state index in [4.69, 9.17) is 5.26 Å². The van der Waals surface area contributed by atoms with Crippen LogP contribution in [0.1, 0.15) is 11.1 Å². The van der Waals surface area contributed by atoms with Gasteiger partial charge in [-0.15, -0.1) is 0 Å². The normalized spacial score (nSPS) is 10.2. The van der Waals surface area contributed by atoms with Crippen molar-refractivity contribution in [2.75, 3.05) is 5.32 Å². The van der Waals surface area contributed by atoms with Gasteiger partial charge in [0.05, 0.1) is 18.1 Å². The highest BCUT2D eigenvalue weighted by Gasteiger charge is 2.09. The standard InChI is InChI=1S/C16H12N4O/c17-9-11-3-1-4-13(7-11)20-15(21)8-12-10-19-16-14(12)5-2-6-18-16/h1-7,10H,8H2,(H,18,19)(H,20,21). The van der Waals surface area contributed by atoms with E-state index in [-0.39, 0.29) is 12.3 Å². The zero-order chi connectivity index (χ0) is 14.7. The second-order valence-corrected chi connectivity index (χ2v) is 4.63. The van der Waals surface area contributed by atoms with Crippen molar-refractivity contribution in [3.63, 3.8) is 0 Å². The molecule has 5 nitrogen and oxygen atoms in total. The molecule has 1 amide bonds. The van der Waals surface area contributed by atoms with Gasteiger partial charge in [0.1, 0.15) is 5.65 Å². The van der Waals surface area contributed by atoms with Crippen molar-refractivity contribution >= 4 is 22.6 Å². The molecule has 5 heteroatoms. The van der Waals surface area contributed by atoms with Crippen LogP contribution in [0, 0.1) is 11.3 Å². The maximum absolute atomic E-state index is 12.1. The van der Waals surface area contributed by atoms with E-state index < -0.39 is 0 Å². The highest BCUT2D eigenvalue weighted by molar-refractivity contribution is 5.95. The van der Waals surface area contributed by atoms with Crippen molar-refractivity contribution in [1.29, 1.82) is 5.26 Å². The second kappa shape index (κ2) is 5.47. The number of hydrogen-bond donors (Lipinski definition) is 2. The van der Waals surface area contributed by atoms with Gasteiger partial charge in [-0.1, -0.05) is 6.07 Å². The minimum Gasteiger partial charge on any atom is -0.346 e. The summed E-state index contributed by atoms with van der Waals surface area (Å²) in [5.41, 5.74) is 2.81. The Balaban J connectivity index is 1.76. The number of nitrogens with one attached hydrogen (secondary N) is 2. The Kier molecular flexibility index (Phi) is 3.36. The summed E-state index contributed by atoms with van der Waals surface area (Å²) in [7, 11) is 0. The number of pyridine rings is 1. The van der Waals surface area contributed by atoms with Gasteiger partial charge in [-0.2, -0.15) is 5.26 Å². The lowest BCUT2D eigenvalue weighted by molar-refractivity contribution is -0.115. The number of hydrogen-bond acceptors (Lipinski definition) is 3. The maximum Gasteiger partial charge on any atom is 0.228 e. The fraction of sp³-hybridized carbons (Fsp3) is 0.0625. The molecule has 0 aliphatic rings. The molecule has 0 aliphatic carbocycles. The first-order valence-electron chi connectivity index (χ1n) is 6.47. The Morgan fingerprint density at radius 3 is 3.10 bits per heavy atom. The molecule has 2 heterocycles. The largest absolute Gasteiger partial charge is 0.346 e. The number of fused-ring (bicyclic) bond motifs is 1. The summed E-state index contributed by atoms with van der Waals surface area (Å²) in [6.45, 7) is 0. The van der Waals surface area contributed by atoms with Gasteiger partial charge in [-0.3, -0.25) is 4.79 Å². The van der Waals surface area contributed by atoms with Crippen LogP contribution in [0.15, 0.2) is 48.8 Å². The molecule has 0 radical (unpaired) electrons. The van der Waals surface area contributed by atoms with E-state index in [9.17, 15) is 4.79 Å². The lowest BCUT2D eigenvalue weighted by atomic mass is 10.1. The summed E-state index contributed by atoms with van der Waals surface area (Å²) in [4.78, 5) is 19.3. The summed E-state index contributed by atoms with van der Waals surface area (Å²) in [5.74, 6) is -0.130. The van der Waals surface area contributed by atoms with Crippen LogP contribution in [-0.4, -0.2) is 15.9 Å². The maximum atomic E-state index is 12.1. The Hall–Kier alpha value is -3.13. The number of H-pyrrole nitrogens is 1. The van der Waals surface area contributed by atoms with E-state index in [1.54, 1.807) is 36.7 Å². The lowest BCUT2D eigenvalue weighted by Gasteiger charge is -2.04. The second-order valence-electron chi connectivity index (χ2n) is 4.63. The number of nitriles is 1. The Morgan fingerprint density at radius 2 is 2.24 bits per heavy atom. The number of amides is 1. The number of carbonyl (C=O) groups is 1. The van der Waals surface area contributed by atoms with Crippen LogP contribution in [0.25, 0.3) is 11.0 Å². The molecular formula is C16H12N4O. The van der Waals surface area contributed by atoms with Crippen LogP contribution in [0.5, 0.6) is 0 Å². The number of carbonyl (C=O) groups excluding carboxylic acids is 1. The van der Waals surface area contributed by atoms with Crippen LogP contribution >= 0.6 is 0 Å². The van der Waals surface area contributed by atoms with Gasteiger partial charge in [0.2, 0.25) is 5.91 Å². The monoisotopic (exact) mass is 276 g/mol. The molecule has 0 fully saturated rings. The zero-order valence-electron chi connectivity index (χ0n) is 11.1. The molecule has 0 spiro atoms. The van der Waals surface area contributed by atoms with Crippen molar-refractivity contribution < 1.29 is 4.79 Å². The van der Waals surface area contributed by atoms with Crippen molar-refractivity contribution in [2.45, 2.75) is 6.42 Å². The number of benzene rings is 1. The number of nitrogens with zero attached hydrogens (tertiary/aromatic N) is 2. The molecule has 0 atom stereocenters. The Bertz CT molecular complexity index is 845. The summed E-state index contributed by atoms with van der Waals surface area (Å²) in [6.07, 6.45) is 3.75. The van der Waals surface area contributed by atoms with Crippen molar-refractivity contribution in [3.8, 4) is 6.07 Å². The predicted molar refractivity (Wildman–Crippen MR) is 79.6 cm³/mol. The van der Waals surface area contributed by atoms with Gasteiger partial charge in [0.15, 0.2) is 0 Å². The minimum absolute atomic E-state index is 0.130. The number of rotatable bonds is 3. The molecule has 102 valence electrons. The molecular weight excluding hydrogens is 264 g/mol. The first-order chi connectivity index (χ1) is 10.3. The fourth-order valence-electron chi connectivity index (χ4n) is 2.20. The van der Waals surface area contributed by atoms with Gasteiger partial charge in [-0.25, -0.2) is 4.98 Å². The molecule has 2 aromatic heterocycles. The number of aromatic nitrogens is 2. The first kappa shape index (κ1) is 12.9. The summed E-state index contributed by atoms with van der Waals surface area (Å²) in [5, 5.41) is 12.6. The molecule has 0 saturated carbocycles. The minimum atomic E-state index is -0.130. The fourth-order valence-corrected chi connectivity index (χ4v) is 2.20. The van der Waals surface area contributed by atoms with E-state index in [1.165, 1.54) is 0 Å². The van der Waals surface area contributed by atoms with Crippen LogP contribution < -0.4 is 5.32 Å². The number of aromatic amines is 1. The van der Waals surface area contributed by atoms with Gasteiger partial charge in [0, 0.05) is 23.5 Å². The summed E-state index contributed by atoms with van der Waals surface area (Å²) < 4.78 is 0. The third-order valence-electron chi connectivity index (χ3n) is 3.16. The van der Waals surface area contributed by atoms with E-state index in [0.29, 0.717) is 11.3 Å². The van der Waals surface area contributed by atoms with Crippen LogP contribution in [0.4, 0.5) is 5.69 Å². The van der Waals surface area contributed by atoms with E-state index >= 15 is 0 Å². The molecule has 0 aliphatic heterocycles. The highest BCUT2D eigenvalue weighted by Crippen LogP contribution is 2.17. The Labute approximate surface area is 121 Å².